The van der Waals surface area contributed by atoms with Gasteiger partial charge in [-0.3, -0.25) is 19.2 Å². The third-order valence-corrected chi connectivity index (χ3v) is 7.59. The van der Waals surface area contributed by atoms with Gasteiger partial charge >= 0.3 is 12.1 Å². The minimum absolute atomic E-state index is 0.0179. The molecule has 44 heavy (non-hydrogen) atoms. The fourth-order valence-corrected chi connectivity index (χ4v) is 4.48. The number of amides is 4. The lowest BCUT2D eigenvalue weighted by Crippen LogP contribution is -2.33. The molecule has 256 valence electrons. The van der Waals surface area contributed by atoms with Gasteiger partial charge in [-0.25, -0.2) is 4.79 Å². The molecule has 0 saturated heterocycles. The molecule has 0 heterocycles. The number of rotatable bonds is 24. The Morgan fingerprint density at radius 2 is 0.818 bits per heavy atom. The van der Waals surface area contributed by atoms with Gasteiger partial charge in [0, 0.05) is 43.9 Å². The first kappa shape index (κ1) is 41.1. The van der Waals surface area contributed by atoms with Gasteiger partial charge in [-0.05, 0) is 72.1 Å². The lowest BCUT2D eigenvalue weighted by Gasteiger charge is -2.19. The molecular formula is C33H62N4O7. The summed E-state index contributed by atoms with van der Waals surface area (Å²) in [5.41, 5.74) is -0.516. The Morgan fingerprint density at radius 3 is 1.11 bits per heavy atom. The average Bonchev–Trinajstić information content (AvgIpc) is 2.94. The first-order valence-electron chi connectivity index (χ1n) is 16.7. The summed E-state index contributed by atoms with van der Waals surface area (Å²) in [6, 6.07) is 0. The van der Waals surface area contributed by atoms with E-state index in [1.807, 2.05) is 41.5 Å². The maximum absolute atomic E-state index is 12.4. The molecule has 5 N–H and O–H groups in total. The molecule has 0 aliphatic rings. The number of nitrogens with one attached hydrogen (secondary N) is 4. The van der Waals surface area contributed by atoms with Gasteiger partial charge in [-0.2, -0.15) is 0 Å². The van der Waals surface area contributed by atoms with Crippen LogP contribution in [0.4, 0.5) is 4.79 Å². The minimum atomic E-state index is -0.784. The van der Waals surface area contributed by atoms with Crippen LogP contribution in [-0.4, -0.2) is 66.7 Å². The largest absolute Gasteiger partial charge is 0.481 e. The van der Waals surface area contributed by atoms with Gasteiger partial charge in [-0.1, -0.05) is 53.4 Å². The number of carboxylic acid groups (broad SMARTS) is 1. The number of carbonyl (C=O) groups excluding carboxylic acids is 4. The predicted octanol–water partition coefficient (Wildman–Crippen LogP) is 5.17. The molecule has 0 fully saturated rings. The van der Waals surface area contributed by atoms with Crippen LogP contribution in [0.25, 0.3) is 0 Å². The zero-order valence-electron chi connectivity index (χ0n) is 28.5. The van der Waals surface area contributed by atoms with E-state index in [4.69, 9.17) is 9.84 Å². The van der Waals surface area contributed by atoms with Crippen LogP contribution in [-0.2, 0) is 23.9 Å². The minimum Gasteiger partial charge on any atom is -0.481 e. The topological polar surface area (TPSA) is 163 Å². The van der Waals surface area contributed by atoms with E-state index in [2.05, 4.69) is 21.3 Å². The Balaban J connectivity index is 3.81. The number of carbonyl (C=O) groups is 5. The Morgan fingerprint density at radius 1 is 0.523 bits per heavy atom. The summed E-state index contributed by atoms with van der Waals surface area (Å²) in [6.07, 6.45) is 8.95. The standard InChI is InChI=1S/C33H62N4O7/c1-24(16-8-13-21-35-30(40)26(3)18-10-15-23-37-32(43)44-33(5,6)7)28(38)34-20-12-9-17-25(2)29(39)36-22-14-11-19-27(4)31(41)42/h24-27H,8-23H2,1-7H3,(H,34,38)(H,35,40)(H,36,39)(H,37,43)(H,41,42)/t24-,25-,26-,27-/m0/s1. The molecule has 0 radical (unpaired) electrons. The highest BCUT2D eigenvalue weighted by Crippen LogP contribution is 2.12. The fraction of sp³-hybridized carbons (Fsp3) is 0.848. The summed E-state index contributed by atoms with van der Waals surface area (Å²) in [5, 5.41) is 20.5. The molecule has 0 aliphatic carbocycles. The number of hydrogen-bond acceptors (Lipinski definition) is 6. The summed E-state index contributed by atoms with van der Waals surface area (Å²) >= 11 is 0. The van der Waals surface area contributed by atoms with Crippen molar-refractivity contribution in [2.75, 3.05) is 26.2 Å². The van der Waals surface area contributed by atoms with Crippen molar-refractivity contribution >= 4 is 29.8 Å². The summed E-state index contributed by atoms with van der Waals surface area (Å²) in [4.78, 5) is 59.4. The van der Waals surface area contributed by atoms with E-state index in [0.29, 0.717) is 32.6 Å². The van der Waals surface area contributed by atoms with E-state index < -0.39 is 17.7 Å². The maximum Gasteiger partial charge on any atom is 0.407 e. The lowest BCUT2D eigenvalue weighted by molar-refractivity contribution is -0.141. The summed E-state index contributed by atoms with van der Waals surface area (Å²) in [5.74, 6) is -1.34. The highest BCUT2D eigenvalue weighted by Gasteiger charge is 2.17. The van der Waals surface area contributed by atoms with Crippen LogP contribution >= 0.6 is 0 Å². The van der Waals surface area contributed by atoms with Gasteiger partial charge in [0.2, 0.25) is 17.7 Å². The predicted molar refractivity (Wildman–Crippen MR) is 173 cm³/mol. The van der Waals surface area contributed by atoms with E-state index in [9.17, 15) is 24.0 Å². The van der Waals surface area contributed by atoms with Gasteiger partial charge < -0.3 is 31.1 Å². The fourth-order valence-electron chi connectivity index (χ4n) is 4.48. The van der Waals surface area contributed by atoms with Crippen LogP contribution in [0.1, 0.15) is 126 Å². The Hall–Kier alpha value is -2.85. The number of unbranched alkanes of at least 4 members (excludes halogenated alkanes) is 4. The molecule has 0 rings (SSSR count). The van der Waals surface area contributed by atoms with Crippen LogP contribution in [0.15, 0.2) is 0 Å². The molecule has 4 atom stereocenters. The van der Waals surface area contributed by atoms with E-state index in [-0.39, 0.29) is 41.4 Å². The van der Waals surface area contributed by atoms with Gasteiger partial charge in [0.25, 0.3) is 0 Å². The van der Waals surface area contributed by atoms with Crippen LogP contribution in [0, 0.1) is 23.7 Å². The molecule has 0 spiro atoms. The first-order valence-corrected chi connectivity index (χ1v) is 16.7. The van der Waals surface area contributed by atoms with E-state index in [1.54, 1.807) is 6.92 Å². The van der Waals surface area contributed by atoms with E-state index >= 15 is 0 Å². The number of alkyl carbamates (subject to hydrolysis) is 1. The van der Waals surface area contributed by atoms with Crippen molar-refractivity contribution in [3.8, 4) is 0 Å². The second-order valence-electron chi connectivity index (χ2n) is 13.2. The number of hydrogen-bond donors (Lipinski definition) is 5. The van der Waals surface area contributed by atoms with E-state index in [0.717, 1.165) is 70.6 Å². The molecule has 0 aromatic carbocycles. The third kappa shape index (κ3) is 22.7. The van der Waals surface area contributed by atoms with Crippen LogP contribution in [0.3, 0.4) is 0 Å². The van der Waals surface area contributed by atoms with Gasteiger partial charge in [-0.15, -0.1) is 0 Å². The molecule has 0 aromatic rings. The Kier molecular flexibility index (Phi) is 22.0. The number of carboxylic acids is 1. The Labute approximate surface area is 265 Å². The summed E-state index contributed by atoms with van der Waals surface area (Å²) in [6.45, 7) is 15.2. The molecule has 11 nitrogen and oxygen atoms in total. The van der Waals surface area contributed by atoms with Gasteiger partial charge in [0.15, 0.2) is 0 Å². The quantitative estimate of drug-likeness (QED) is 0.0923. The molecule has 11 heteroatoms. The molecular weight excluding hydrogens is 564 g/mol. The smallest absolute Gasteiger partial charge is 0.407 e. The van der Waals surface area contributed by atoms with E-state index in [1.165, 1.54) is 0 Å². The molecule has 0 bridgehead atoms. The van der Waals surface area contributed by atoms with Crippen molar-refractivity contribution in [3.63, 3.8) is 0 Å². The maximum atomic E-state index is 12.4. The number of ether oxygens (including phenoxy) is 1. The van der Waals surface area contributed by atoms with Crippen molar-refractivity contribution in [2.24, 2.45) is 23.7 Å². The van der Waals surface area contributed by atoms with Crippen molar-refractivity contribution in [3.05, 3.63) is 0 Å². The molecule has 4 amide bonds. The third-order valence-electron chi connectivity index (χ3n) is 7.59. The van der Waals surface area contributed by atoms with Gasteiger partial charge in [0.05, 0.1) is 5.92 Å². The second kappa shape index (κ2) is 23.5. The summed E-state index contributed by atoms with van der Waals surface area (Å²) in [7, 11) is 0. The van der Waals surface area contributed by atoms with Crippen molar-refractivity contribution in [1.29, 1.82) is 0 Å². The molecule has 0 aromatic heterocycles. The monoisotopic (exact) mass is 626 g/mol. The van der Waals surface area contributed by atoms with Crippen molar-refractivity contribution < 1.29 is 33.8 Å². The number of aliphatic carboxylic acids is 1. The highest BCUT2D eigenvalue weighted by atomic mass is 16.6. The SMILES string of the molecule is C[C@@H](CCCCNC(=O)[C@@H](C)CCCCNC(=O)[C@@H](C)CCCCNC(=O)[C@@H](C)CCCCNC(=O)OC(C)(C)C)C(=O)O. The van der Waals surface area contributed by atoms with Crippen molar-refractivity contribution in [1.82, 2.24) is 21.3 Å². The van der Waals surface area contributed by atoms with Crippen LogP contribution in [0.2, 0.25) is 0 Å². The molecule has 0 aliphatic heterocycles. The Bertz CT molecular complexity index is 860. The van der Waals surface area contributed by atoms with Crippen molar-refractivity contribution in [2.45, 2.75) is 131 Å². The van der Waals surface area contributed by atoms with Crippen LogP contribution in [0.5, 0.6) is 0 Å². The second-order valence-corrected chi connectivity index (χ2v) is 13.2. The lowest BCUT2D eigenvalue weighted by atomic mass is 10.0. The zero-order valence-corrected chi connectivity index (χ0v) is 28.5. The first-order chi connectivity index (χ1) is 20.6. The average molecular weight is 627 g/mol. The van der Waals surface area contributed by atoms with Gasteiger partial charge in [0.1, 0.15) is 5.60 Å². The normalized spacial score (nSPS) is 14.1. The molecule has 0 unspecified atom stereocenters. The van der Waals surface area contributed by atoms with Crippen LogP contribution < -0.4 is 21.3 Å². The summed E-state index contributed by atoms with van der Waals surface area (Å²) < 4.78 is 5.20. The zero-order chi connectivity index (χ0) is 33.5. The molecule has 0 saturated carbocycles. The highest BCUT2D eigenvalue weighted by molar-refractivity contribution is 5.79.